The normalized spacial score (nSPS) is 24.8. The predicted molar refractivity (Wildman–Crippen MR) is 142 cm³/mol. The largest absolute Gasteiger partial charge is 0.497 e. The molecule has 3 aliphatic heterocycles. The summed E-state index contributed by atoms with van der Waals surface area (Å²) in [6.45, 7) is 9.97. The van der Waals surface area contributed by atoms with Gasteiger partial charge < -0.3 is 24.0 Å². The molecule has 10 heteroatoms. The molecule has 1 aromatic carbocycles. The third-order valence-electron chi connectivity index (χ3n) is 8.19. The highest BCUT2D eigenvalue weighted by Crippen LogP contribution is 2.33. The molecule has 0 N–H and O–H groups in total. The van der Waals surface area contributed by atoms with Crippen LogP contribution in [0.3, 0.4) is 0 Å². The van der Waals surface area contributed by atoms with Crippen molar-refractivity contribution in [2.45, 2.75) is 49.3 Å². The van der Waals surface area contributed by atoms with E-state index >= 15 is 0 Å². The Bertz CT molecular complexity index is 1010. The van der Waals surface area contributed by atoms with E-state index in [0.717, 1.165) is 26.2 Å². The maximum Gasteiger partial charge on any atom is 0.248 e. The molecular formula is C27H43N3O6S. The maximum absolute atomic E-state index is 13.7. The van der Waals surface area contributed by atoms with Crippen LogP contribution >= 0.6 is 0 Å². The highest BCUT2D eigenvalue weighted by atomic mass is 32.2. The van der Waals surface area contributed by atoms with Crippen LogP contribution in [-0.4, -0.2) is 120 Å². The third kappa shape index (κ3) is 6.65. The van der Waals surface area contributed by atoms with Gasteiger partial charge in [-0.25, -0.2) is 8.42 Å². The number of methoxy groups -OCH3 is 1. The SMILES string of the molecule is COc1cc(C)c(S(=O)(=O)C2CCOC[C@H]2COCC(=O)N2CCN(C3CCN(C)CC3)CC2)c(C)c1. The molecular weight excluding hydrogens is 494 g/mol. The number of amides is 1. The van der Waals surface area contributed by atoms with Crippen molar-refractivity contribution in [3.63, 3.8) is 0 Å². The first-order valence-electron chi connectivity index (χ1n) is 13.5. The molecule has 1 aromatic rings. The Labute approximate surface area is 221 Å². The van der Waals surface area contributed by atoms with E-state index in [1.54, 1.807) is 33.1 Å². The number of hydrogen-bond donors (Lipinski definition) is 0. The minimum atomic E-state index is -3.61. The van der Waals surface area contributed by atoms with Gasteiger partial charge in [-0.1, -0.05) is 0 Å². The summed E-state index contributed by atoms with van der Waals surface area (Å²) in [4.78, 5) is 20.0. The first-order chi connectivity index (χ1) is 17.7. The van der Waals surface area contributed by atoms with E-state index in [9.17, 15) is 13.2 Å². The van der Waals surface area contributed by atoms with Gasteiger partial charge in [-0.05, 0) is 76.5 Å². The van der Waals surface area contributed by atoms with Crippen LogP contribution in [0.5, 0.6) is 5.75 Å². The molecule has 4 rings (SSSR count). The Kier molecular flexibility index (Phi) is 9.50. The Morgan fingerprint density at radius 2 is 1.68 bits per heavy atom. The second-order valence-electron chi connectivity index (χ2n) is 10.8. The van der Waals surface area contributed by atoms with Crippen molar-refractivity contribution >= 4 is 15.7 Å². The molecule has 1 amide bonds. The van der Waals surface area contributed by atoms with Crippen LogP contribution in [0.1, 0.15) is 30.4 Å². The fraction of sp³-hybridized carbons (Fsp3) is 0.741. The number of nitrogens with zero attached hydrogens (tertiary/aromatic N) is 3. The summed E-state index contributed by atoms with van der Waals surface area (Å²) in [6.07, 6.45) is 2.79. The summed E-state index contributed by atoms with van der Waals surface area (Å²) in [6, 6.07) is 4.14. The van der Waals surface area contributed by atoms with Gasteiger partial charge in [0.15, 0.2) is 9.84 Å². The van der Waals surface area contributed by atoms with E-state index in [1.807, 2.05) is 4.90 Å². The number of carbonyl (C=O) groups excluding carboxylic acids is 1. The zero-order valence-electron chi connectivity index (χ0n) is 22.8. The number of likely N-dealkylation sites (tertiary alicyclic amines) is 1. The van der Waals surface area contributed by atoms with Crippen molar-refractivity contribution in [3.05, 3.63) is 23.3 Å². The summed E-state index contributed by atoms with van der Waals surface area (Å²) in [7, 11) is 0.138. The van der Waals surface area contributed by atoms with Crippen molar-refractivity contribution < 1.29 is 27.4 Å². The second-order valence-corrected chi connectivity index (χ2v) is 12.9. The second kappa shape index (κ2) is 12.4. The van der Waals surface area contributed by atoms with Gasteiger partial charge in [-0.2, -0.15) is 0 Å². The van der Waals surface area contributed by atoms with E-state index in [2.05, 4.69) is 16.8 Å². The third-order valence-corrected chi connectivity index (χ3v) is 10.8. The molecule has 208 valence electrons. The monoisotopic (exact) mass is 537 g/mol. The number of piperidine rings is 1. The van der Waals surface area contributed by atoms with E-state index in [1.165, 1.54) is 12.8 Å². The van der Waals surface area contributed by atoms with Gasteiger partial charge in [0.05, 0.1) is 30.5 Å². The van der Waals surface area contributed by atoms with E-state index in [0.29, 0.717) is 60.5 Å². The number of benzene rings is 1. The molecule has 3 saturated heterocycles. The summed E-state index contributed by atoms with van der Waals surface area (Å²) < 4.78 is 44.2. The average Bonchev–Trinajstić information content (AvgIpc) is 2.88. The first-order valence-corrected chi connectivity index (χ1v) is 15.0. The molecule has 0 spiro atoms. The van der Waals surface area contributed by atoms with Crippen LogP contribution in [-0.2, 0) is 24.1 Å². The number of rotatable bonds is 8. The number of sulfone groups is 1. The van der Waals surface area contributed by atoms with Gasteiger partial charge in [-0.3, -0.25) is 9.69 Å². The lowest BCUT2D eigenvalue weighted by Crippen LogP contribution is -2.54. The quantitative estimate of drug-likeness (QED) is 0.496. The molecule has 9 nitrogen and oxygen atoms in total. The number of aryl methyl sites for hydroxylation is 2. The topological polar surface area (TPSA) is 88.6 Å². The van der Waals surface area contributed by atoms with Gasteiger partial charge in [-0.15, -0.1) is 0 Å². The molecule has 0 saturated carbocycles. The lowest BCUT2D eigenvalue weighted by molar-refractivity contribution is -0.139. The van der Waals surface area contributed by atoms with Crippen LogP contribution < -0.4 is 4.74 Å². The Morgan fingerprint density at radius 1 is 1.03 bits per heavy atom. The van der Waals surface area contributed by atoms with E-state index in [4.69, 9.17) is 14.2 Å². The van der Waals surface area contributed by atoms with E-state index in [-0.39, 0.29) is 25.0 Å². The molecule has 0 aromatic heterocycles. The Balaban J connectivity index is 1.30. The number of piperazine rings is 1. The molecule has 1 unspecified atom stereocenters. The summed E-state index contributed by atoms with van der Waals surface area (Å²) in [5, 5.41) is -0.611. The van der Waals surface area contributed by atoms with Crippen molar-refractivity contribution in [2.24, 2.45) is 5.92 Å². The van der Waals surface area contributed by atoms with Crippen molar-refractivity contribution in [1.29, 1.82) is 0 Å². The van der Waals surface area contributed by atoms with Gasteiger partial charge in [0.25, 0.3) is 0 Å². The standard InChI is InChI=1S/C27H43N3O6S/c1-20-15-24(34-4)16-21(2)27(20)37(32,33)25-7-14-35-17-22(25)18-36-19-26(31)30-12-10-29(11-13-30)23-5-8-28(3)9-6-23/h15-16,22-23,25H,5-14,17-19H2,1-4H3/t22-,25?/m0/s1. The van der Waals surface area contributed by atoms with Gasteiger partial charge >= 0.3 is 0 Å². The van der Waals surface area contributed by atoms with Crippen LogP contribution in [0.4, 0.5) is 0 Å². The zero-order chi connectivity index (χ0) is 26.6. The van der Waals surface area contributed by atoms with E-state index < -0.39 is 15.1 Å². The average molecular weight is 538 g/mol. The van der Waals surface area contributed by atoms with Crippen molar-refractivity contribution in [1.82, 2.24) is 14.7 Å². The molecule has 2 atom stereocenters. The number of carbonyl (C=O) groups is 1. The van der Waals surface area contributed by atoms with Gasteiger partial charge in [0.2, 0.25) is 5.91 Å². The predicted octanol–water partition coefficient (Wildman–Crippen LogP) is 1.75. The van der Waals surface area contributed by atoms with Crippen molar-refractivity contribution in [2.75, 3.05) is 79.9 Å². The fourth-order valence-corrected chi connectivity index (χ4v) is 8.44. The number of ether oxygens (including phenoxy) is 3. The Morgan fingerprint density at radius 3 is 2.30 bits per heavy atom. The van der Waals surface area contributed by atoms with Gasteiger partial charge in [0, 0.05) is 44.7 Å². The molecule has 3 aliphatic rings. The molecule has 3 heterocycles. The zero-order valence-corrected chi connectivity index (χ0v) is 23.6. The number of hydrogen-bond acceptors (Lipinski definition) is 8. The first kappa shape index (κ1) is 28.3. The molecule has 0 bridgehead atoms. The minimum absolute atomic E-state index is 0.0268. The maximum atomic E-state index is 13.7. The Hall–Kier alpha value is -1.72. The summed E-state index contributed by atoms with van der Waals surface area (Å²) in [5.74, 6) is 0.293. The lowest BCUT2D eigenvalue weighted by atomic mass is 10.0. The smallest absolute Gasteiger partial charge is 0.248 e. The molecule has 0 aliphatic carbocycles. The van der Waals surface area contributed by atoms with Crippen LogP contribution in [0.2, 0.25) is 0 Å². The highest BCUT2D eigenvalue weighted by Gasteiger charge is 2.39. The van der Waals surface area contributed by atoms with Crippen LogP contribution in [0.15, 0.2) is 17.0 Å². The molecule has 0 radical (unpaired) electrons. The summed E-state index contributed by atoms with van der Waals surface area (Å²) >= 11 is 0. The lowest BCUT2D eigenvalue weighted by Gasteiger charge is -2.42. The molecule has 37 heavy (non-hydrogen) atoms. The highest BCUT2D eigenvalue weighted by molar-refractivity contribution is 7.92. The van der Waals surface area contributed by atoms with Crippen molar-refractivity contribution in [3.8, 4) is 5.75 Å². The summed E-state index contributed by atoms with van der Waals surface area (Å²) in [5.41, 5.74) is 1.36. The van der Waals surface area contributed by atoms with Crippen LogP contribution in [0.25, 0.3) is 0 Å². The van der Waals surface area contributed by atoms with Gasteiger partial charge in [0.1, 0.15) is 12.4 Å². The van der Waals surface area contributed by atoms with Crippen LogP contribution in [0, 0.1) is 19.8 Å². The minimum Gasteiger partial charge on any atom is -0.497 e. The molecule has 3 fully saturated rings. The fourth-order valence-electron chi connectivity index (χ4n) is 6.06.